The Labute approximate surface area is 180 Å². The number of aliphatic hydroxyl groups is 1. The predicted molar refractivity (Wildman–Crippen MR) is 118 cm³/mol. The van der Waals surface area contributed by atoms with Crippen LogP contribution in [0, 0.1) is 40.9 Å². The quantitative estimate of drug-likeness (QED) is 0.637. The number of allylic oxidation sites excluding steroid dienone is 1. The van der Waals surface area contributed by atoms with Gasteiger partial charge < -0.3 is 14.6 Å². The first-order valence-electron chi connectivity index (χ1n) is 11.6. The highest BCUT2D eigenvalue weighted by atomic mass is 16.4. The van der Waals surface area contributed by atoms with Gasteiger partial charge in [-0.1, -0.05) is 39.8 Å². The van der Waals surface area contributed by atoms with Crippen LogP contribution in [0.2, 0.25) is 0 Å². The number of rotatable bonds is 2. The molecular formula is C26H38O4. The highest BCUT2D eigenvalue weighted by molar-refractivity contribution is 5.32. The average Bonchev–Trinajstić information content (AvgIpc) is 2.63. The van der Waals surface area contributed by atoms with Crippen LogP contribution in [-0.4, -0.2) is 16.3 Å². The van der Waals surface area contributed by atoms with Gasteiger partial charge in [-0.2, -0.15) is 0 Å². The number of fused-ring (bicyclic) bond motifs is 3. The van der Waals surface area contributed by atoms with Crippen molar-refractivity contribution in [3.63, 3.8) is 0 Å². The van der Waals surface area contributed by atoms with Crippen LogP contribution in [-0.2, 0) is 6.42 Å². The van der Waals surface area contributed by atoms with E-state index in [9.17, 15) is 15.0 Å². The van der Waals surface area contributed by atoms with E-state index in [0.717, 1.165) is 38.5 Å². The second-order valence-electron chi connectivity index (χ2n) is 11.5. The van der Waals surface area contributed by atoms with E-state index in [1.165, 1.54) is 5.57 Å². The van der Waals surface area contributed by atoms with E-state index in [0.29, 0.717) is 29.6 Å². The molecule has 0 aromatic carbocycles. The summed E-state index contributed by atoms with van der Waals surface area (Å²) >= 11 is 0. The highest BCUT2D eigenvalue weighted by Gasteiger charge is 2.62. The van der Waals surface area contributed by atoms with Gasteiger partial charge in [0.15, 0.2) is 0 Å². The van der Waals surface area contributed by atoms with Crippen LogP contribution >= 0.6 is 0 Å². The van der Waals surface area contributed by atoms with Crippen LogP contribution in [0.4, 0.5) is 0 Å². The Morgan fingerprint density at radius 1 is 1.10 bits per heavy atom. The predicted octanol–water partition coefficient (Wildman–Crippen LogP) is 5.38. The average molecular weight is 415 g/mol. The summed E-state index contributed by atoms with van der Waals surface area (Å²) in [4.78, 5) is 12.5. The summed E-state index contributed by atoms with van der Waals surface area (Å²) in [6.45, 7) is 15.4. The maximum Gasteiger partial charge on any atom is 0.342 e. The molecule has 3 saturated carbocycles. The van der Waals surface area contributed by atoms with Crippen LogP contribution in [0.15, 0.2) is 27.4 Å². The summed E-state index contributed by atoms with van der Waals surface area (Å²) in [5.41, 5.74) is 1.30. The summed E-state index contributed by atoms with van der Waals surface area (Å²) in [5, 5.41) is 21.2. The zero-order valence-electron chi connectivity index (χ0n) is 19.3. The summed E-state index contributed by atoms with van der Waals surface area (Å²) < 4.78 is 5.31. The molecule has 0 aliphatic heterocycles. The van der Waals surface area contributed by atoms with Crippen molar-refractivity contribution in [1.29, 1.82) is 0 Å². The lowest BCUT2D eigenvalue weighted by Crippen LogP contribution is -2.61. The lowest BCUT2D eigenvalue weighted by molar-refractivity contribution is -0.185. The molecule has 166 valence electrons. The lowest BCUT2D eigenvalue weighted by Gasteiger charge is -2.66. The first-order chi connectivity index (χ1) is 13.9. The largest absolute Gasteiger partial charge is 0.507 e. The van der Waals surface area contributed by atoms with Gasteiger partial charge in [0.1, 0.15) is 11.5 Å². The third-order valence-corrected chi connectivity index (χ3v) is 9.67. The Hall–Kier alpha value is -1.55. The minimum absolute atomic E-state index is 0.0305. The van der Waals surface area contributed by atoms with Gasteiger partial charge in [0.2, 0.25) is 0 Å². The molecule has 0 unspecified atom stereocenters. The molecule has 0 amide bonds. The maximum atomic E-state index is 12.5. The van der Waals surface area contributed by atoms with Crippen molar-refractivity contribution in [2.24, 2.45) is 34.0 Å². The molecule has 0 radical (unpaired) electrons. The van der Waals surface area contributed by atoms with Gasteiger partial charge in [0.05, 0.1) is 11.7 Å². The molecule has 2 N–H and O–H groups in total. The Bertz CT molecular complexity index is 912. The van der Waals surface area contributed by atoms with Crippen molar-refractivity contribution < 1.29 is 14.6 Å². The Kier molecular flexibility index (Phi) is 5.04. The van der Waals surface area contributed by atoms with E-state index in [2.05, 4.69) is 34.3 Å². The van der Waals surface area contributed by atoms with Crippen LogP contribution in [0.3, 0.4) is 0 Å². The van der Waals surface area contributed by atoms with E-state index in [-0.39, 0.29) is 34.0 Å². The van der Waals surface area contributed by atoms with E-state index < -0.39 is 5.63 Å². The molecule has 4 rings (SSSR count). The second-order valence-corrected chi connectivity index (χ2v) is 11.5. The molecule has 1 aromatic heterocycles. The van der Waals surface area contributed by atoms with Gasteiger partial charge >= 0.3 is 5.63 Å². The maximum absolute atomic E-state index is 12.5. The molecule has 1 aromatic rings. The molecule has 0 saturated heterocycles. The molecule has 3 aliphatic rings. The minimum atomic E-state index is -0.423. The third-order valence-electron chi connectivity index (χ3n) is 9.67. The zero-order valence-corrected chi connectivity index (χ0v) is 19.3. The third kappa shape index (κ3) is 3.01. The van der Waals surface area contributed by atoms with Gasteiger partial charge in [0.25, 0.3) is 0 Å². The molecular weight excluding hydrogens is 376 g/mol. The molecule has 0 bridgehead atoms. The number of hydrogen-bond donors (Lipinski definition) is 2. The molecule has 0 spiro atoms. The minimum Gasteiger partial charge on any atom is -0.507 e. The van der Waals surface area contributed by atoms with Crippen molar-refractivity contribution in [3.05, 3.63) is 40.0 Å². The zero-order chi connectivity index (χ0) is 22.1. The van der Waals surface area contributed by atoms with Gasteiger partial charge in [0, 0.05) is 6.07 Å². The van der Waals surface area contributed by atoms with Gasteiger partial charge in [-0.15, -0.1) is 0 Å². The summed E-state index contributed by atoms with van der Waals surface area (Å²) in [6, 6.07) is 1.55. The van der Waals surface area contributed by atoms with Crippen LogP contribution in [0.1, 0.15) is 77.5 Å². The molecule has 3 fully saturated rings. The van der Waals surface area contributed by atoms with E-state index in [1.807, 2.05) is 0 Å². The van der Waals surface area contributed by atoms with Crippen molar-refractivity contribution in [1.82, 2.24) is 0 Å². The summed E-state index contributed by atoms with van der Waals surface area (Å²) in [6.07, 6.45) is 6.42. The van der Waals surface area contributed by atoms with E-state index in [1.54, 1.807) is 13.0 Å². The summed E-state index contributed by atoms with van der Waals surface area (Å²) in [7, 11) is 0. The van der Waals surface area contributed by atoms with E-state index >= 15 is 0 Å². The van der Waals surface area contributed by atoms with Crippen LogP contribution in [0.25, 0.3) is 0 Å². The molecule has 30 heavy (non-hydrogen) atoms. The Morgan fingerprint density at radius 2 is 1.77 bits per heavy atom. The molecule has 4 nitrogen and oxygen atoms in total. The fraction of sp³-hybridized carbons (Fsp3) is 0.731. The fourth-order valence-electron chi connectivity index (χ4n) is 8.02. The van der Waals surface area contributed by atoms with Crippen molar-refractivity contribution in [2.75, 3.05) is 0 Å². The number of aryl methyl sites for hydroxylation is 1. The SMILES string of the molecule is C=C1CC[C@H]2[C@@](C)(CC[C@H]3C(C)(C)[C@@H](O)CC[C@]23C)[C@@H]1Cc1c(O)cc(C)oc1=O. The first kappa shape index (κ1) is 21.7. The lowest BCUT2D eigenvalue weighted by atomic mass is 9.38. The van der Waals surface area contributed by atoms with Gasteiger partial charge in [-0.25, -0.2) is 4.79 Å². The number of aromatic hydroxyl groups is 1. The summed E-state index contributed by atoms with van der Waals surface area (Å²) in [5.74, 6) is 1.65. The van der Waals surface area contributed by atoms with Crippen molar-refractivity contribution in [2.45, 2.75) is 85.7 Å². The second kappa shape index (κ2) is 6.98. The molecule has 4 heteroatoms. The fourth-order valence-corrected chi connectivity index (χ4v) is 8.02. The molecule has 1 heterocycles. The van der Waals surface area contributed by atoms with E-state index in [4.69, 9.17) is 4.42 Å². The Morgan fingerprint density at radius 3 is 2.43 bits per heavy atom. The van der Waals surface area contributed by atoms with Crippen molar-refractivity contribution in [3.8, 4) is 5.75 Å². The molecule has 3 aliphatic carbocycles. The Balaban J connectivity index is 1.72. The van der Waals surface area contributed by atoms with Crippen LogP contribution < -0.4 is 5.63 Å². The number of hydrogen-bond acceptors (Lipinski definition) is 4. The highest BCUT2D eigenvalue weighted by Crippen LogP contribution is 2.69. The standard InChI is InChI=1S/C26H38O4/c1-15-7-8-21-25(5,18(15)14-17-19(27)13-16(2)30-23(17)29)11-9-20-24(3,4)22(28)10-12-26(20,21)6/h13,18,20-22,27-28H,1,7-12,14H2,2-6H3/t18-,20+,21+,22+,25+,26+/m1/s1. The normalized spacial score (nSPS) is 40.5. The topological polar surface area (TPSA) is 70.7 Å². The van der Waals surface area contributed by atoms with Crippen molar-refractivity contribution >= 4 is 0 Å². The monoisotopic (exact) mass is 414 g/mol. The first-order valence-corrected chi connectivity index (χ1v) is 11.6. The number of aliphatic hydroxyl groups excluding tert-OH is 1. The smallest absolute Gasteiger partial charge is 0.342 e. The van der Waals surface area contributed by atoms with Crippen LogP contribution in [0.5, 0.6) is 5.75 Å². The van der Waals surface area contributed by atoms with Gasteiger partial charge in [-0.3, -0.25) is 0 Å². The van der Waals surface area contributed by atoms with Gasteiger partial charge in [-0.05, 0) is 85.9 Å². The molecule has 6 atom stereocenters.